The maximum absolute atomic E-state index is 5.43. The van der Waals surface area contributed by atoms with Crippen LogP contribution in [0, 0.1) is 12.3 Å². The zero-order valence-corrected chi connectivity index (χ0v) is 8.97. The Bertz CT molecular complexity index is 526. The van der Waals surface area contributed by atoms with Crippen molar-refractivity contribution in [3.63, 3.8) is 0 Å². The third-order valence-corrected chi connectivity index (χ3v) is 2.35. The Morgan fingerprint density at radius 1 is 1.25 bits per heavy atom. The van der Waals surface area contributed by atoms with E-state index in [1.807, 2.05) is 36.5 Å². The number of ether oxygens (including phenoxy) is 1. The standard InChI is InChI=1S/C14H11NO/c1-3-11-9-12(6-7-14(11)16-2)13-5-4-8-15-10-13/h1,4-10H,2H3. The number of methoxy groups -OCH3 is 1. The predicted octanol–water partition coefficient (Wildman–Crippen LogP) is 2.74. The molecule has 0 saturated carbocycles. The summed E-state index contributed by atoms with van der Waals surface area (Å²) in [5, 5.41) is 0. The highest BCUT2D eigenvalue weighted by atomic mass is 16.5. The molecule has 0 radical (unpaired) electrons. The van der Waals surface area contributed by atoms with Gasteiger partial charge in [0.1, 0.15) is 5.75 Å². The Labute approximate surface area is 94.9 Å². The number of hydrogen-bond donors (Lipinski definition) is 0. The SMILES string of the molecule is C#Cc1cc(-c2cccnc2)ccc1OC. The van der Waals surface area contributed by atoms with Crippen LogP contribution in [0.15, 0.2) is 42.7 Å². The average Bonchev–Trinajstić information content (AvgIpc) is 2.39. The Kier molecular flexibility index (Phi) is 2.88. The van der Waals surface area contributed by atoms with E-state index in [2.05, 4.69) is 10.9 Å². The molecule has 0 aliphatic carbocycles. The van der Waals surface area contributed by atoms with Crippen molar-refractivity contribution in [1.82, 2.24) is 4.98 Å². The molecule has 1 aromatic heterocycles. The maximum Gasteiger partial charge on any atom is 0.134 e. The summed E-state index contributed by atoms with van der Waals surface area (Å²) in [5.41, 5.74) is 2.84. The van der Waals surface area contributed by atoms with Gasteiger partial charge >= 0.3 is 0 Å². The van der Waals surface area contributed by atoms with Crippen molar-refractivity contribution in [3.05, 3.63) is 48.3 Å². The molecule has 0 atom stereocenters. The molecule has 0 spiro atoms. The molecule has 0 fully saturated rings. The van der Waals surface area contributed by atoms with E-state index in [0.29, 0.717) is 0 Å². The van der Waals surface area contributed by atoms with Gasteiger partial charge in [0.15, 0.2) is 0 Å². The van der Waals surface area contributed by atoms with E-state index in [-0.39, 0.29) is 0 Å². The molecule has 0 aliphatic heterocycles. The Morgan fingerprint density at radius 2 is 2.12 bits per heavy atom. The summed E-state index contributed by atoms with van der Waals surface area (Å²) in [6, 6.07) is 9.66. The molecule has 2 aromatic rings. The van der Waals surface area contributed by atoms with Gasteiger partial charge in [-0.15, -0.1) is 6.42 Å². The third kappa shape index (κ3) is 1.89. The maximum atomic E-state index is 5.43. The van der Waals surface area contributed by atoms with Gasteiger partial charge in [-0.05, 0) is 23.8 Å². The fraction of sp³-hybridized carbons (Fsp3) is 0.0714. The molecule has 2 heteroatoms. The van der Waals surface area contributed by atoms with Crippen LogP contribution in [-0.4, -0.2) is 12.1 Å². The van der Waals surface area contributed by atoms with Crippen molar-refractivity contribution in [3.8, 4) is 29.2 Å². The minimum atomic E-state index is 0.718. The Hall–Kier alpha value is -2.27. The Morgan fingerprint density at radius 3 is 2.75 bits per heavy atom. The van der Waals surface area contributed by atoms with Crippen LogP contribution < -0.4 is 4.74 Å². The van der Waals surface area contributed by atoms with Crippen molar-refractivity contribution in [2.24, 2.45) is 0 Å². The van der Waals surface area contributed by atoms with Crippen LogP contribution in [-0.2, 0) is 0 Å². The highest BCUT2D eigenvalue weighted by Gasteiger charge is 2.03. The first kappa shape index (κ1) is 10.3. The number of benzene rings is 1. The molecule has 0 amide bonds. The highest BCUT2D eigenvalue weighted by molar-refractivity contribution is 5.66. The first-order valence-electron chi connectivity index (χ1n) is 4.90. The van der Waals surface area contributed by atoms with Crippen molar-refractivity contribution < 1.29 is 4.74 Å². The van der Waals surface area contributed by atoms with E-state index in [4.69, 9.17) is 11.2 Å². The van der Waals surface area contributed by atoms with E-state index < -0.39 is 0 Å². The van der Waals surface area contributed by atoms with E-state index >= 15 is 0 Å². The second kappa shape index (κ2) is 4.50. The fourth-order valence-corrected chi connectivity index (χ4v) is 1.53. The number of pyridine rings is 1. The summed E-state index contributed by atoms with van der Waals surface area (Å²) in [6.07, 6.45) is 8.98. The summed E-state index contributed by atoms with van der Waals surface area (Å²) in [7, 11) is 1.61. The largest absolute Gasteiger partial charge is 0.495 e. The second-order valence-electron chi connectivity index (χ2n) is 3.30. The lowest BCUT2D eigenvalue weighted by Crippen LogP contribution is -1.88. The van der Waals surface area contributed by atoms with Crippen LogP contribution in [0.3, 0.4) is 0 Å². The number of rotatable bonds is 2. The predicted molar refractivity (Wildman–Crippen MR) is 64.2 cm³/mol. The van der Waals surface area contributed by atoms with Crippen LogP contribution in [0.4, 0.5) is 0 Å². The van der Waals surface area contributed by atoms with Crippen LogP contribution in [0.1, 0.15) is 5.56 Å². The van der Waals surface area contributed by atoms with E-state index in [1.165, 1.54) is 0 Å². The topological polar surface area (TPSA) is 22.1 Å². The van der Waals surface area contributed by atoms with Gasteiger partial charge in [0, 0.05) is 18.0 Å². The van der Waals surface area contributed by atoms with Gasteiger partial charge < -0.3 is 4.74 Å². The minimum absolute atomic E-state index is 0.718. The summed E-state index contributed by atoms with van der Waals surface area (Å²) >= 11 is 0. The van der Waals surface area contributed by atoms with Gasteiger partial charge in [-0.2, -0.15) is 0 Å². The molecule has 0 N–H and O–H groups in total. The average molecular weight is 209 g/mol. The summed E-state index contributed by atoms with van der Waals surface area (Å²) in [4.78, 5) is 4.08. The van der Waals surface area contributed by atoms with Gasteiger partial charge in [-0.1, -0.05) is 18.1 Å². The van der Waals surface area contributed by atoms with Crippen molar-refractivity contribution >= 4 is 0 Å². The number of terminal acetylenes is 1. The number of aromatic nitrogens is 1. The molecule has 2 nitrogen and oxygen atoms in total. The minimum Gasteiger partial charge on any atom is -0.495 e. The van der Waals surface area contributed by atoms with Crippen molar-refractivity contribution in [2.75, 3.05) is 7.11 Å². The highest BCUT2D eigenvalue weighted by Crippen LogP contribution is 2.25. The lowest BCUT2D eigenvalue weighted by atomic mass is 10.0. The third-order valence-electron chi connectivity index (χ3n) is 2.35. The molecular formula is C14H11NO. The van der Waals surface area contributed by atoms with Crippen LogP contribution >= 0.6 is 0 Å². The van der Waals surface area contributed by atoms with Gasteiger partial charge in [0.05, 0.1) is 12.7 Å². The molecule has 78 valence electrons. The molecule has 1 aromatic carbocycles. The van der Waals surface area contributed by atoms with E-state index in [1.54, 1.807) is 13.3 Å². The van der Waals surface area contributed by atoms with E-state index in [9.17, 15) is 0 Å². The lowest BCUT2D eigenvalue weighted by Gasteiger charge is -2.06. The number of hydrogen-bond acceptors (Lipinski definition) is 2. The molecule has 0 bridgehead atoms. The van der Waals surface area contributed by atoms with Crippen LogP contribution in [0.25, 0.3) is 11.1 Å². The molecule has 0 saturated heterocycles. The van der Waals surface area contributed by atoms with E-state index in [0.717, 1.165) is 22.4 Å². The first-order valence-corrected chi connectivity index (χ1v) is 4.90. The summed E-state index contributed by atoms with van der Waals surface area (Å²) in [5.74, 6) is 3.33. The molecule has 2 rings (SSSR count). The van der Waals surface area contributed by atoms with Crippen molar-refractivity contribution in [1.29, 1.82) is 0 Å². The fourth-order valence-electron chi connectivity index (χ4n) is 1.53. The van der Waals surface area contributed by atoms with Crippen LogP contribution in [0.2, 0.25) is 0 Å². The van der Waals surface area contributed by atoms with Crippen molar-refractivity contribution in [2.45, 2.75) is 0 Å². The zero-order chi connectivity index (χ0) is 11.4. The first-order chi connectivity index (χ1) is 7.85. The molecule has 16 heavy (non-hydrogen) atoms. The van der Waals surface area contributed by atoms with Gasteiger partial charge in [-0.3, -0.25) is 4.98 Å². The molecule has 0 aliphatic rings. The van der Waals surface area contributed by atoms with Gasteiger partial charge in [0.25, 0.3) is 0 Å². The monoisotopic (exact) mass is 209 g/mol. The number of nitrogens with zero attached hydrogens (tertiary/aromatic N) is 1. The van der Waals surface area contributed by atoms with Gasteiger partial charge in [0.2, 0.25) is 0 Å². The second-order valence-corrected chi connectivity index (χ2v) is 3.30. The molecule has 0 unspecified atom stereocenters. The zero-order valence-electron chi connectivity index (χ0n) is 8.97. The van der Waals surface area contributed by atoms with Gasteiger partial charge in [-0.25, -0.2) is 0 Å². The Balaban J connectivity index is 2.49. The molecule has 1 heterocycles. The summed E-state index contributed by atoms with van der Waals surface area (Å²) in [6.45, 7) is 0. The van der Waals surface area contributed by atoms with Crippen LogP contribution in [0.5, 0.6) is 5.75 Å². The smallest absolute Gasteiger partial charge is 0.134 e. The lowest BCUT2D eigenvalue weighted by molar-refractivity contribution is 0.413. The normalized spacial score (nSPS) is 9.50. The quantitative estimate of drug-likeness (QED) is 0.709. The summed E-state index contributed by atoms with van der Waals surface area (Å²) < 4.78 is 5.17. The molecular weight excluding hydrogens is 198 g/mol.